The Labute approximate surface area is 243 Å². The van der Waals surface area contributed by atoms with Crippen LogP contribution in [0.3, 0.4) is 0 Å². The fraction of sp³-hybridized carbons (Fsp3) is 0.593. The molecule has 0 aliphatic rings. The molecule has 0 aliphatic carbocycles. The topological polar surface area (TPSA) is 192 Å². The largest absolute Gasteiger partial charge is 0.388 e. The van der Waals surface area contributed by atoms with Gasteiger partial charge in [0.25, 0.3) is 0 Å². The predicted octanol–water partition coefficient (Wildman–Crippen LogP) is 0.0116. The fourth-order valence-electron chi connectivity index (χ4n) is 3.74. The van der Waals surface area contributed by atoms with Crippen LogP contribution in [0.1, 0.15) is 47.5 Å². The van der Waals surface area contributed by atoms with E-state index < -0.39 is 65.4 Å². The maximum Gasteiger partial charge on any atom is 0.243 e. The van der Waals surface area contributed by atoms with Gasteiger partial charge in [-0.25, -0.2) is 4.21 Å². The lowest BCUT2D eigenvalue weighted by Gasteiger charge is -2.28. The van der Waals surface area contributed by atoms with E-state index in [1.165, 1.54) is 6.92 Å². The molecule has 14 heteroatoms. The van der Waals surface area contributed by atoms with E-state index in [1.807, 2.05) is 27.7 Å². The molecule has 6 N–H and O–H groups in total. The summed E-state index contributed by atoms with van der Waals surface area (Å²) in [7, 11) is 1.74. The first-order chi connectivity index (χ1) is 19.2. The number of carbonyl (C=O) groups excluding carboxylic acids is 5. The van der Waals surface area contributed by atoms with E-state index in [2.05, 4.69) is 26.6 Å². The van der Waals surface area contributed by atoms with Crippen molar-refractivity contribution in [3.05, 3.63) is 24.3 Å². The molecule has 4 amide bonds. The Bertz CT molecular complexity index is 1060. The number of ketones is 1. The summed E-state index contributed by atoms with van der Waals surface area (Å²) < 4.78 is 17.8. The summed E-state index contributed by atoms with van der Waals surface area (Å²) in [6, 6.07) is 4.54. The molecule has 0 bridgehead atoms. The Balaban J connectivity index is 2.81. The Hall–Kier alpha value is -3.36. The highest BCUT2D eigenvalue weighted by atomic mass is 32.2. The number of carbonyl (C=O) groups is 5. The predicted molar refractivity (Wildman–Crippen MR) is 154 cm³/mol. The van der Waals surface area contributed by atoms with Crippen molar-refractivity contribution in [3.63, 3.8) is 0 Å². The zero-order chi connectivity index (χ0) is 31.2. The van der Waals surface area contributed by atoms with Crippen molar-refractivity contribution < 1.29 is 37.5 Å². The van der Waals surface area contributed by atoms with E-state index in [0.29, 0.717) is 17.7 Å². The summed E-state index contributed by atoms with van der Waals surface area (Å²) in [5.74, 6) is -2.59. The van der Waals surface area contributed by atoms with Gasteiger partial charge in [0.05, 0.1) is 30.6 Å². The Kier molecular flexibility index (Phi) is 15.2. The second-order valence-electron chi connectivity index (χ2n) is 10.6. The van der Waals surface area contributed by atoms with Gasteiger partial charge >= 0.3 is 0 Å². The SMILES string of the molecule is CNc1ccc(S(=O)OCC(C)(O)C(=O)[C@H](CC(C)C)NC(=O)CNC(=O)[C@H](CC(C)C)NC(=O)CNC=O)cc1. The van der Waals surface area contributed by atoms with Crippen molar-refractivity contribution in [1.29, 1.82) is 0 Å². The molecule has 0 saturated heterocycles. The molecule has 0 spiro atoms. The number of hydrogen-bond acceptors (Lipinski definition) is 9. The minimum Gasteiger partial charge on any atom is -0.388 e. The summed E-state index contributed by atoms with van der Waals surface area (Å²) in [6.07, 6.45) is 0.847. The minimum atomic E-state index is -2.07. The van der Waals surface area contributed by atoms with Crippen LogP contribution in [0.2, 0.25) is 0 Å². The molecule has 0 saturated carbocycles. The standard InChI is InChI=1S/C27H43N5O8S/c1-17(2)11-21(25(36)27(5,38)15-40-41(39)20-9-7-19(28-6)8-10-20)31-24(35)14-30-26(37)22(12-18(3)4)32-23(34)13-29-16-33/h7-10,16-18,21-22,28,38H,11-15H2,1-6H3,(H,29,33)(H,30,37)(H,31,35)(H,32,34)/t21-,22-,27?,41?/m0/s1. The van der Waals surface area contributed by atoms with Gasteiger partial charge in [0.1, 0.15) is 11.6 Å². The maximum atomic E-state index is 13.2. The van der Waals surface area contributed by atoms with Crippen LogP contribution in [0.25, 0.3) is 0 Å². The zero-order valence-corrected chi connectivity index (χ0v) is 25.3. The Morgan fingerprint density at radius 3 is 2.02 bits per heavy atom. The number of anilines is 1. The molecule has 13 nitrogen and oxygen atoms in total. The van der Waals surface area contributed by atoms with Crippen molar-refractivity contribution in [2.75, 3.05) is 32.1 Å². The van der Waals surface area contributed by atoms with Crippen LogP contribution in [0.15, 0.2) is 29.2 Å². The highest BCUT2D eigenvalue weighted by Crippen LogP contribution is 2.18. The third-order valence-electron chi connectivity index (χ3n) is 5.80. The number of amides is 4. The van der Waals surface area contributed by atoms with E-state index in [1.54, 1.807) is 31.3 Å². The molecule has 0 aliphatic heterocycles. The lowest BCUT2D eigenvalue weighted by molar-refractivity contribution is -0.143. The van der Waals surface area contributed by atoms with Crippen LogP contribution in [-0.4, -0.2) is 83.7 Å². The summed E-state index contributed by atoms with van der Waals surface area (Å²) in [6.45, 7) is 7.24. The van der Waals surface area contributed by atoms with Gasteiger partial charge < -0.3 is 31.7 Å². The molecule has 41 heavy (non-hydrogen) atoms. The van der Waals surface area contributed by atoms with Gasteiger partial charge in [0.2, 0.25) is 24.1 Å². The van der Waals surface area contributed by atoms with Gasteiger partial charge in [-0.05, 0) is 55.9 Å². The smallest absolute Gasteiger partial charge is 0.243 e. The van der Waals surface area contributed by atoms with Gasteiger partial charge in [-0.3, -0.25) is 28.2 Å². The fourth-order valence-corrected chi connectivity index (χ4v) is 4.57. The van der Waals surface area contributed by atoms with Crippen molar-refractivity contribution in [3.8, 4) is 0 Å². The van der Waals surface area contributed by atoms with Crippen LogP contribution in [-0.2, 0) is 39.2 Å². The second-order valence-corrected chi connectivity index (χ2v) is 11.8. The minimum absolute atomic E-state index is 0.0402. The van der Waals surface area contributed by atoms with E-state index in [9.17, 15) is 33.3 Å². The van der Waals surface area contributed by atoms with Crippen LogP contribution < -0.4 is 26.6 Å². The number of Topliss-reactive ketones (excluding diaryl/α,β-unsaturated/α-hetero) is 1. The third-order valence-corrected chi connectivity index (χ3v) is 6.79. The first-order valence-electron chi connectivity index (χ1n) is 13.3. The molecule has 0 fully saturated rings. The normalized spacial score (nSPS) is 14.8. The summed E-state index contributed by atoms with van der Waals surface area (Å²) in [5.41, 5.74) is -1.26. The monoisotopic (exact) mass is 597 g/mol. The van der Waals surface area contributed by atoms with Crippen molar-refractivity contribution >= 4 is 46.7 Å². The van der Waals surface area contributed by atoms with Crippen molar-refractivity contribution in [2.24, 2.45) is 11.8 Å². The summed E-state index contributed by atoms with van der Waals surface area (Å²) >= 11 is -1.94. The first-order valence-corrected chi connectivity index (χ1v) is 14.4. The van der Waals surface area contributed by atoms with Crippen LogP contribution in [0.5, 0.6) is 0 Å². The van der Waals surface area contributed by atoms with Crippen LogP contribution in [0, 0.1) is 11.8 Å². The van der Waals surface area contributed by atoms with Crippen LogP contribution >= 0.6 is 0 Å². The summed E-state index contributed by atoms with van der Waals surface area (Å²) in [4.78, 5) is 61.4. The van der Waals surface area contributed by atoms with E-state index in [-0.39, 0.29) is 24.8 Å². The summed E-state index contributed by atoms with van der Waals surface area (Å²) in [5, 5.41) is 23.5. The molecule has 230 valence electrons. The van der Waals surface area contributed by atoms with Gasteiger partial charge in [-0.2, -0.15) is 0 Å². The van der Waals surface area contributed by atoms with Gasteiger partial charge in [-0.15, -0.1) is 0 Å². The molecule has 4 atom stereocenters. The highest BCUT2D eigenvalue weighted by Gasteiger charge is 2.38. The molecule has 2 unspecified atom stereocenters. The second kappa shape index (κ2) is 17.5. The molecule has 0 radical (unpaired) electrons. The zero-order valence-electron chi connectivity index (χ0n) is 24.4. The van der Waals surface area contributed by atoms with Gasteiger partial charge in [-0.1, -0.05) is 27.7 Å². The quantitative estimate of drug-likeness (QED) is 0.119. The highest BCUT2D eigenvalue weighted by molar-refractivity contribution is 7.80. The number of aliphatic hydroxyl groups is 1. The molecule has 1 rings (SSSR count). The van der Waals surface area contributed by atoms with E-state index >= 15 is 0 Å². The van der Waals surface area contributed by atoms with E-state index in [0.717, 1.165) is 5.69 Å². The van der Waals surface area contributed by atoms with Crippen LogP contribution in [0.4, 0.5) is 5.69 Å². The molecule has 1 aromatic rings. The molecular weight excluding hydrogens is 554 g/mol. The lowest BCUT2D eigenvalue weighted by Crippen LogP contribution is -2.55. The van der Waals surface area contributed by atoms with Gasteiger partial charge in [0.15, 0.2) is 16.9 Å². The molecular formula is C27H43N5O8S. The molecule has 1 aromatic carbocycles. The number of hydrogen-bond donors (Lipinski definition) is 6. The average molecular weight is 598 g/mol. The molecule has 0 aromatic heterocycles. The lowest BCUT2D eigenvalue weighted by atomic mass is 9.90. The van der Waals surface area contributed by atoms with E-state index in [4.69, 9.17) is 4.18 Å². The number of rotatable bonds is 19. The Morgan fingerprint density at radius 1 is 0.951 bits per heavy atom. The molecule has 0 heterocycles. The first kappa shape index (κ1) is 35.7. The van der Waals surface area contributed by atoms with Crippen molar-refractivity contribution in [1.82, 2.24) is 21.3 Å². The third kappa shape index (κ3) is 13.2. The number of nitrogens with one attached hydrogen (secondary N) is 5. The maximum absolute atomic E-state index is 13.2. The Morgan fingerprint density at radius 2 is 1.49 bits per heavy atom. The van der Waals surface area contributed by atoms with Crippen molar-refractivity contribution in [2.45, 2.75) is 70.0 Å². The van der Waals surface area contributed by atoms with Gasteiger partial charge in [0, 0.05) is 12.7 Å². The average Bonchev–Trinajstić information content (AvgIpc) is 2.91. The number of benzene rings is 1.